The molecule has 0 atom stereocenters. The standard InChI is InChI=1S/C14H11NOS/c16-10-15-14-12(5-3-9-17)8-7-11-4-1-2-6-13(11)14/h1-2,4,6-9H,3,5H2. The first kappa shape index (κ1) is 11.6. The maximum absolute atomic E-state index is 10.5. The fourth-order valence-electron chi connectivity index (χ4n) is 1.89. The second kappa shape index (κ2) is 5.48. The predicted octanol–water partition coefficient (Wildman–Crippen LogP) is 3.74. The lowest BCUT2D eigenvalue weighted by molar-refractivity contribution is 0.565. The first-order valence-electron chi connectivity index (χ1n) is 5.39. The molecule has 0 bridgehead atoms. The van der Waals surface area contributed by atoms with Crippen LogP contribution in [0.15, 0.2) is 41.4 Å². The molecule has 17 heavy (non-hydrogen) atoms. The van der Waals surface area contributed by atoms with E-state index in [-0.39, 0.29) is 0 Å². The van der Waals surface area contributed by atoms with Gasteiger partial charge in [-0.2, -0.15) is 4.99 Å². The van der Waals surface area contributed by atoms with E-state index in [4.69, 9.17) is 12.2 Å². The molecule has 0 fully saturated rings. The quantitative estimate of drug-likeness (QED) is 0.463. The van der Waals surface area contributed by atoms with Crippen molar-refractivity contribution in [3.63, 3.8) is 0 Å². The first-order chi connectivity index (χ1) is 8.36. The minimum Gasteiger partial charge on any atom is -0.211 e. The zero-order valence-corrected chi connectivity index (χ0v) is 10.0. The maximum atomic E-state index is 10.5. The molecule has 0 aliphatic rings. The second-order valence-electron chi connectivity index (χ2n) is 3.70. The summed E-state index contributed by atoms with van der Waals surface area (Å²) >= 11 is 4.82. The second-order valence-corrected chi connectivity index (χ2v) is 4.04. The van der Waals surface area contributed by atoms with E-state index in [2.05, 4.69) is 4.99 Å². The average Bonchev–Trinajstić information content (AvgIpc) is 2.38. The van der Waals surface area contributed by atoms with Crippen molar-refractivity contribution in [3.8, 4) is 0 Å². The monoisotopic (exact) mass is 241 g/mol. The third kappa shape index (κ3) is 2.47. The Bertz CT molecular complexity index is 600. The number of fused-ring (bicyclic) bond motifs is 1. The Labute approximate surface area is 105 Å². The van der Waals surface area contributed by atoms with E-state index in [1.165, 1.54) is 0 Å². The van der Waals surface area contributed by atoms with Crippen molar-refractivity contribution in [3.05, 3.63) is 42.0 Å². The summed E-state index contributed by atoms with van der Waals surface area (Å²) in [7, 11) is 0. The van der Waals surface area contributed by atoms with Gasteiger partial charge in [0.25, 0.3) is 0 Å². The Morgan fingerprint density at radius 2 is 2.06 bits per heavy atom. The number of hydrogen-bond acceptors (Lipinski definition) is 3. The highest BCUT2D eigenvalue weighted by atomic mass is 32.1. The fourth-order valence-corrected chi connectivity index (χ4v) is 2.01. The van der Waals surface area contributed by atoms with Gasteiger partial charge in [-0.05, 0) is 29.2 Å². The molecule has 2 rings (SSSR count). The summed E-state index contributed by atoms with van der Waals surface area (Å²) < 4.78 is 0. The van der Waals surface area contributed by atoms with E-state index in [9.17, 15) is 4.79 Å². The van der Waals surface area contributed by atoms with Crippen molar-refractivity contribution in [2.45, 2.75) is 12.8 Å². The van der Waals surface area contributed by atoms with Crippen molar-refractivity contribution in [2.75, 3.05) is 0 Å². The van der Waals surface area contributed by atoms with Crippen LogP contribution in [-0.4, -0.2) is 11.4 Å². The molecule has 0 saturated heterocycles. The van der Waals surface area contributed by atoms with Crippen LogP contribution in [0.2, 0.25) is 0 Å². The molecule has 0 spiro atoms. The molecular formula is C14H11NOS. The molecular weight excluding hydrogens is 230 g/mol. The third-order valence-corrected chi connectivity index (χ3v) is 2.91. The molecule has 0 N–H and O–H groups in total. The van der Waals surface area contributed by atoms with Gasteiger partial charge >= 0.3 is 0 Å². The topological polar surface area (TPSA) is 29.4 Å². The smallest absolute Gasteiger partial charge is 0.211 e. The molecule has 0 aliphatic carbocycles. The van der Waals surface area contributed by atoms with Crippen LogP contribution in [0.25, 0.3) is 10.8 Å². The van der Waals surface area contributed by atoms with Gasteiger partial charge in [-0.1, -0.05) is 48.6 Å². The first-order valence-corrected chi connectivity index (χ1v) is 5.86. The van der Waals surface area contributed by atoms with Crippen molar-refractivity contribution in [1.29, 1.82) is 0 Å². The Balaban J connectivity index is 2.63. The number of nitrogens with zero attached hydrogens (tertiary/aromatic N) is 1. The van der Waals surface area contributed by atoms with Crippen molar-refractivity contribution >= 4 is 40.1 Å². The van der Waals surface area contributed by atoms with Crippen LogP contribution in [0, 0.1) is 0 Å². The minimum atomic E-state index is 0.718. The van der Waals surface area contributed by atoms with Gasteiger partial charge in [0.05, 0.1) is 5.69 Å². The number of carbonyl (C=O) groups excluding carboxylic acids is 1. The Morgan fingerprint density at radius 1 is 1.24 bits per heavy atom. The Kier molecular flexibility index (Phi) is 3.76. The molecule has 84 valence electrons. The molecule has 2 aromatic rings. The lowest BCUT2D eigenvalue weighted by Crippen LogP contribution is -1.87. The normalized spacial score (nSPS) is 9.88. The van der Waals surface area contributed by atoms with Gasteiger partial charge < -0.3 is 0 Å². The van der Waals surface area contributed by atoms with Gasteiger partial charge in [-0.3, -0.25) is 0 Å². The molecule has 2 nitrogen and oxygen atoms in total. The highest BCUT2D eigenvalue weighted by Gasteiger charge is 2.06. The van der Waals surface area contributed by atoms with Crippen LogP contribution in [0.1, 0.15) is 12.0 Å². The van der Waals surface area contributed by atoms with E-state index >= 15 is 0 Å². The van der Waals surface area contributed by atoms with Gasteiger partial charge in [0.1, 0.15) is 0 Å². The average molecular weight is 241 g/mol. The summed E-state index contributed by atoms with van der Waals surface area (Å²) in [4.78, 5) is 14.4. The molecule has 0 aliphatic heterocycles. The van der Waals surface area contributed by atoms with Crippen molar-refractivity contribution < 1.29 is 4.79 Å². The van der Waals surface area contributed by atoms with E-state index in [1.54, 1.807) is 11.4 Å². The van der Waals surface area contributed by atoms with Crippen molar-refractivity contribution in [1.82, 2.24) is 0 Å². The molecule has 3 heteroatoms. The SMILES string of the molecule is O=C=Nc1c(CCC=S)ccc2ccccc12. The van der Waals surface area contributed by atoms with E-state index in [0.717, 1.165) is 34.9 Å². The highest BCUT2D eigenvalue weighted by Crippen LogP contribution is 2.30. The van der Waals surface area contributed by atoms with E-state index < -0.39 is 0 Å². The number of aliphatic imine (C=N–C) groups is 1. The van der Waals surface area contributed by atoms with Gasteiger partial charge in [-0.15, -0.1) is 0 Å². The lowest BCUT2D eigenvalue weighted by Gasteiger charge is -2.06. The van der Waals surface area contributed by atoms with Crippen molar-refractivity contribution in [2.24, 2.45) is 4.99 Å². The number of rotatable bonds is 4. The lowest BCUT2D eigenvalue weighted by atomic mass is 10.0. The van der Waals surface area contributed by atoms with Crippen LogP contribution in [-0.2, 0) is 11.2 Å². The molecule has 0 saturated carbocycles. The van der Waals surface area contributed by atoms with Crippen LogP contribution in [0.3, 0.4) is 0 Å². The Morgan fingerprint density at radius 3 is 2.82 bits per heavy atom. The van der Waals surface area contributed by atoms with Gasteiger partial charge in [0.15, 0.2) is 0 Å². The predicted molar refractivity (Wildman–Crippen MR) is 73.7 cm³/mol. The number of aryl methyl sites for hydroxylation is 1. The number of hydrogen-bond donors (Lipinski definition) is 0. The molecule has 0 aromatic heterocycles. The van der Waals surface area contributed by atoms with Crippen LogP contribution >= 0.6 is 12.2 Å². The number of benzene rings is 2. The van der Waals surface area contributed by atoms with Gasteiger partial charge in [0.2, 0.25) is 6.08 Å². The summed E-state index contributed by atoms with van der Waals surface area (Å²) in [5.74, 6) is 0. The van der Waals surface area contributed by atoms with Crippen LogP contribution in [0.5, 0.6) is 0 Å². The number of isocyanates is 1. The van der Waals surface area contributed by atoms with Gasteiger partial charge in [-0.25, -0.2) is 4.79 Å². The largest absolute Gasteiger partial charge is 0.240 e. The summed E-state index contributed by atoms with van der Waals surface area (Å²) in [6.07, 6.45) is 3.23. The molecule has 0 radical (unpaired) electrons. The maximum Gasteiger partial charge on any atom is 0.240 e. The number of thiocarbonyl (C=S) groups is 1. The van der Waals surface area contributed by atoms with Gasteiger partial charge in [0, 0.05) is 5.39 Å². The molecule has 2 aromatic carbocycles. The zero-order chi connectivity index (χ0) is 12.1. The Hall–Kier alpha value is -1.83. The van der Waals surface area contributed by atoms with Crippen LogP contribution < -0.4 is 0 Å². The summed E-state index contributed by atoms with van der Waals surface area (Å²) in [6.45, 7) is 0. The molecule has 0 amide bonds. The van der Waals surface area contributed by atoms with E-state index in [0.29, 0.717) is 0 Å². The summed E-state index contributed by atoms with van der Waals surface area (Å²) in [5.41, 5.74) is 1.75. The zero-order valence-electron chi connectivity index (χ0n) is 9.22. The molecule has 0 heterocycles. The fraction of sp³-hybridized carbons (Fsp3) is 0.143. The minimum absolute atomic E-state index is 0.718. The van der Waals surface area contributed by atoms with Crippen LogP contribution in [0.4, 0.5) is 5.69 Å². The third-order valence-electron chi connectivity index (χ3n) is 2.67. The molecule has 0 unspecified atom stereocenters. The summed E-state index contributed by atoms with van der Waals surface area (Å²) in [5, 5.41) is 3.76. The highest BCUT2D eigenvalue weighted by molar-refractivity contribution is 7.78. The van der Waals surface area contributed by atoms with E-state index in [1.807, 2.05) is 36.4 Å². The summed E-state index contributed by atoms with van der Waals surface area (Å²) in [6, 6.07) is 11.9.